The van der Waals surface area contributed by atoms with Crippen LogP contribution in [-0.2, 0) is 4.74 Å². The minimum atomic E-state index is -1.15. The van der Waals surface area contributed by atoms with Crippen LogP contribution in [0.1, 0.15) is 6.92 Å². The topological polar surface area (TPSA) is 90.2 Å². The first-order valence-electron chi connectivity index (χ1n) is 4.54. The molecule has 0 bridgehead atoms. The number of hydrogen-bond acceptors (Lipinski definition) is 6. The first-order valence-corrected chi connectivity index (χ1v) is 5.58. The molecule has 0 unspecified atom stereocenters. The van der Waals surface area contributed by atoms with E-state index in [2.05, 4.69) is 0 Å². The van der Waals surface area contributed by atoms with Crippen molar-refractivity contribution in [1.82, 2.24) is 0 Å². The Morgan fingerprint density at radius 2 is 2.00 bits per heavy atom. The zero-order valence-corrected chi connectivity index (χ0v) is 8.72. The Hall–Kier alpha value is 0.150. The van der Waals surface area contributed by atoms with Crippen molar-refractivity contribution in [2.45, 2.75) is 36.8 Å². The maximum absolute atomic E-state index is 9.51. The lowest BCUT2D eigenvalue weighted by Gasteiger charge is -2.18. The highest BCUT2D eigenvalue weighted by Crippen LogP contribution is 2.30. The van der Waals surface area contributed by atoms with E-state index in [9.17, 15) is 15.3 Å². The van der Waals surface area contributed by atoms with Crippen LogP contribution in [0.15, 0.2) is 0 Å². The van der Waals surface area contributed by atoms with Gasteiger partial charge in [-0.15, -0.1) is 11.8 Å². The molecule has 4 N–H and O–H groups in total. The van der Waals surface area contributed by atoms with Crippen molar-refractivity contribution in [2.24, 2.45) is 0 Å². The lowest BCUT2D eigenvalue weighted by Crippen LogP contribution is -2.40. The largest absolute Gasteiger partial charge is 0.394 e. The highest BCUT2D eigenvalue weighted by Gasteiger charge is 2.45. The molecule has 0 amide bonds. The van der Waals surface area contributed by atoms with Gasteiger partial charge in [0.1, 0.15) is 29.9 Å². The summed E-state index contributed by atoms with van der Waals surface area (Å²) < 4.78 is 5.23. The molecule has 6 heteroatoms. The fraction of sp³-hybridized carbons (Fsp3) is 1.00. The molecule has 0 saturated carbocycles. The first-order chi connectivity index (χ1) is 6.61. The van der Waals surface area contributed by atoms with Crippen LogP contribution in [0.2, 0.25) is 0 Å². The van der Waals surface area contributed by atoms with Gasteiger partial charge >= 0.3 is 0 Å². The second-order valence-electron chi connectivity index (χ2n) is 3.16. The molecule has 84 valence electrons. The molecule has 1 aliphatic heterocycles. The van der Waals surface area contributed by atoms with Crippen molar-refractivity contribution >= 4 is 11.8 Å². The molecular formula is C8H16O5S. The van der Waals surface area contributed by atoms with Gasteiger partial charge in [0.2, 0.25) is 0 Å². The summed E-state index contributed by atoms with van der Waals surface area (Å²) in [7, 11) is 0. The van der Waals surface area contributed by atoms with Gasteiger partial charge in [-0.1, -0.05) is 6.92 Å². The third kappa shape index (κ3) is 2.39. The van der Waals surface area contributed by atoms with Gasteiger partial charge in [0.15, 0.2) is 0 Å². The van der Waals surface area contributed by atoms with Crippen LogP contribution in [0, 0.1) is 0 Å². The lowest BCUT2D eigenvalue weighted by atomic mass is 10.1. The molecule has 0 spiro atoms. The zero-order chi connectivity index (χ0) is 10.7. The summed E-state index contributed by atoms with van der Waals surface area (Å²) >= 11 is 1.36. The highest BCUT2D eigenvalue weighted by molar-refractivity contribution is 7.99. The van der Waals surface area contributed by atoms with Crippen LogP contribution in [0.25, 0.3) is 0 Å². The molecule has 1 aliphatic rings. The van der Waals surface area contributed by atoms with Crippen LogP contribution < -0.4 is 0 Å². The van der Waals surface area contributed by atoms with E-state index in [0.717, 1.165) is 5.75 Å². The van der Waals surface area contributed by atoms with Gasteiger partial charge in [-0.2, -0.15) is 0 Å². The summed E-state index contributed by atoms with van der Waals surface area (Å²) in [5, 5.41) is 37.0. The molecular weight excluding hydrogens is 208 g/mol. The van der Waals surface area contributed by atoms with Gasteiger partial charge in [0.25, 0.3) is 0 Å². The van der Waals surface area contributed by atoms with Crippen molar-refractivity contribution in [3.63, 3.8) is 0 Å². The van der Waals surface area contributed by atoms with Crippen LogP contribution >= 0.6 is 11.8 Å². The highest BCUT2D eigenvalue weighted by atomic mass is 32.2. The Balaban J connectivity index is 2.57. The van der Waals surface area contributed by atoms with Gasteiger partial charge < -0.3 is 25.2 Å². The van der Waals surface area contributed by atoms with E-state index < -0.39 is 36.5 Å². The van der Waals surface area contributed by atoms with E-state index in [1.54, 1.807) is 0 Å². The summed E-state index contributed by atoms with van der Waals surface area (Å²) in [6, 6.07) is 0. The number of aliphatic hydroxyl groups excluding tert-OH is 4. The van der Waals surface area contributed by atoms with Gasteiger partial charge in [-0.05, 0) is 5.75 Å². The van der Waals surface area contributed by atoms with E-state index in [0.29, 0.717) is 0 Å². The minimum absolute atomic E-state index is 0.488. The fourth-order valence-corrected chi connectivity index (χ4v) is 2.29. The molecule has 5 nitrogen and oxygen atoms in total. The van der Waals surface area contributed by atoms with Gasteiger partial charge in [0.05, 0.1) is 6.61 Å². The average molecular weight is 224 g/mol. The summed E-state index contributed by atoms with van der Waals surface area (Å²) in [6.07, 6.45) is -4.20. The molecule has 0 radical (unpaired) electrons. The predicted molar refractivity (Wildman–Crippen MR) is 51.9 cm³/mol. The van der Waals surface area contributed by atoms with E-state index >= 15 is 0 Å². The van der Waals surface area contributed by atoms with E-state index in [1.165, 1.54) is 11.8 Å². The second-order valence-corrected chi connectivity index (χ2v) is 4.53. The average Bonchev–Trinajstić information content (AvgIpc) is 2.46. The Bertz CT molecular complexity index is 177. The van der Waals surface area contributed by atoms with Crippen molar-refractivity contribution in [2.75, 3.05) is 12.4 Å². The van der Waals surface area contributed by atoms with Crippen molar-refractivity contribution in [3.05, 3.63) is 0 Å². The quantitative estimate of drug-likeness (QED) is 0.466. The molecule has 1 rings (SSSR count). The first kappa shape index (κ1) is 12.2. The number of thioether (sulfide) groups is 1. The van der Waals surface area contributed by atoms with Crippen LogP contribution in [-0.4, -0.2) is 62.6 Å². The van der Waals surface area contributed by atoms with Crippen molar-refractivity contribution in [1.29, 1.82) is 0 Å². The maximum atomic E-state index is 9.51. The molecule has 1 saturated heterocycles. The summed E-state index contributed by atoms with van der Waals surface area (Å²) in [4.78, 5) is 0. The van der Waals surface area contributed by atoms with Crippen LogP contribution in [0.4, 0.5) is 0 Å². The lowest BCUT2D eigenvalue weighted by molar-refractivity contribution is -0.0713. The third-order valence-corrected chi connectivity index (χ3v) is 3.21. The summed E-state index contributed by atoms with van der Waals surface area (Å²) in [5.74, 6) is 0.746. The SMILES string of the molecule is CCS[C@H]1O[C@H]([C@H](O)CO)[C@H](O)[C@H]1O. The number of ether oxygens (including phenoxy) is 1. The predicted octanol–water partition coefficient (Wildman–Crippen LogP) is -1.46. The molecule has 1 heterocycles. The Kier molecular flexibility index (Phi) is 4.62. The van der Waals surface area contributed by atoms with E-state index in [4.69, 9.17) is 9.84 Å². The molecule has 1 fully saturated rings. The molecule has 0 aromatic carbocycles. The number of aliphatic hydroxyl groups is 4. The molecule has 0 aromatic rings. The smallest absolute Gasteiger partial charge is 0.132 e. The zero-order valence-electron chi connectivity index (χ0n) is 7.91. The fourth-order valence-electron chi connectivity index (χ4n) is 1.40. The van der Waals surface area contributed by atoms with E-state index in [1.807, 2.05) is 6.92 Å². The Labute approximate surface area is 86.7 Å². The monoisotopic (exact) mass is 224 g/mol. The van der Waals surface area contributed by atoms with Crippen LogP contribution in [0.5, 0.6) is 0 Å². The van der Waals surface area contributed by atoms with Crippen LogP contribution in [0.3, 0.4) is 0 Å². The molecule has 0 aromatic heterocycles. The summed E-state index contributed by atoms with van der Waals surface area (Å²) in [5.41, 5.74) is -0.527. The van der Waals surface area contributed by atoms with Gasteiger partial charge in [-0.25, -0.2) is 0 Å². The Morgan fingerprint density at radius 1 is 1.36 bits per heavy atom. The normalized spacial score (nSPS) is 40.1. The number of hydrogen-bond donors (Lipinski definition) is 4. The summed E-state index contributed by atoms with van der Waals surface area (Å²) in [6.45, 7) is 1.42. The maximum Gasteiger partial charge on any atom is 0.132 e. The second kappa shape index (κ2) is 5.29. The van der Waals surface area contributed by atoms with Gasteiger partial charge in [0, 0.05) is 0 Å². The van der Waals surface area contributed by atoms with Gasteiger partial charge in [-0.3, -0.25) is 0 Å². The Morgan fingerprint density at radius 3 is 2.50 bits per heavy atom. The molecule has 14 heavy (non-hydrogen) atoms. The molecule has 0 aliphatic carbocycles. The standard InChI is InChI=1S/C8H16O5S/c1-2-14-8-6(12)5(11)7(13-8)4(10)3-9/h4-12H,2-3H2,1H3/t4-,5-,6-,7-,8-/m1/s1. The number of rotatable bonds is 4. The third-order valence-electron chi connectivity index (χ3n) is 2.15. The van der Waals surface area contributed by atoms with E-state index in [-0.39, 0.29) is 0 Å². The van der Waals surface area contributed by atoms with Crippen molar-refractivity contribution < 1.29 is 25.2 Å². The van der Waals surface area contributed by atoms with Crippen molar-refractivity contribution in [3.8, 4) is 0 Å². The minimum Gasteiger partial charge on any atom is -0.394 e. The molecule has 5 atom stereocenters.